The highest BCUT2D eigenvalue weighted by Crippen LogP contribution is 2.16. The van der Waals surface area contributed by atoms with Crippen molar-refractivity contribution in [2.75, 3.05) is 24.0 Å². The van der Waals surface area contributed by atoms with Crippen molar-refractivity contribution in [1.29, 1.82) is 0 Å². The molecular formula is C10H19N5O2. The van der Waals surface area contributed by atoms with Crippen LogP contribution in [0.5, 0.6) is 0 Å². The molecule has 0 aliphatic carbocycles. The van der Waals surface area contributed by atoms with E-state index in [1.54, 1.807) is 6.07 Å². The van der Waals surface area contributed by atoms with Crippen LogP contribution in [0.25, 0.3) is 0 Å². The number of hydrogen-bond acceptors (Lipinski definition) is 7. The number of nitrogen functional groups attached to an aromatic ring is 1. The van der Waals surface area contributed by atoms with Gasteiger partial charge in [-0.15, -0.1) is 0 Å². The molecule has 0 aromatic carbocycles. The van der Waals surface area contributed by atoms with E-state index in [1.807, 2.05) is 13.8 Å². The number of aliphatic hydroxyl groups is 2. The topological polar surface area (TPSA) is 116 Å². The maximum absolute atomic E-state index is 8.99. The van der Waals surface area contributed by atoms with Crippen molar-refractivity contribution in [3.8, 4) is 0 Å². The average Bonchev–Trinajstić information content (AvgIpc) is 2.35. The van der Waals surface area contributed by atoms with E-state index in [1.165, 1.54) is 0 Å². The van der Waals surface area contributed by atoms with Crippen molar-refractivity contribution < 1.29 is 10.2 Å². The molecule has 1 heterocycles. The van der Waals surface area contributed by atoms with Gasteiger partial charge in [-0.25, -0.2) is 15.8 Å². The number of nitrogens with one attached hydrogen (secondary N) is 2. The second kappa shape index (κ2) is 6.33. The van der Waals surface area contributed by atoms with Crippen LogP contribution in [-0.4, -0.2) is 39.4 Å². The van der Waals surface area contributed by atoms with Crippen molar-refractivity contribution in [2.24, 2.45) is 5.84 Å². The summed E-state index contributed by atoms with van der Waals surface area (Å²) in [6, 6.07) is 1.17. The largest absolute Gasteiger partial charge is 0.394 e. The van der Waals surface area contributed by atoms with Gasteiger partial charge in [0.1, 0.15) is 17.5 Å². The Kier molecular flexibility index (Phi) is 5.08. The number of aromatic nitrogens is 2. The van der Waals surface area contributed by atoms with Gasteiger partial charge in [-0.05, 0) is 0 Å². The van der Waals surface area contributed by atoms with E-state index in [0.29, 0.717) is 17.5 Å². The first kappa shape index (κ1) is 13.6. The van der Waals surface area contributed by atoms with Gasteiger partial charge in [0.25, 0.3) is 0 Å². The Balaban J connectivity index is 2.94. The monoisotopic (exact) mass is 241 g/mol. The summed E-state index contributed by atoms with van der Waals surface area (Å²) in [4.78, 5) is 8.47. The predicted octanol–water partition coefficient (Wildman–Crippen LogP) is -0.349. The van der Waals surface area contributed by atoms with Gasteiger partial charge in [0, 0.05) is 12.0 Å². The highest BCUT2D eigenvalue weighted by atomic mass is 16.3. The molecule has 0 saturated carbocycles. The zero-order valence-electron chi connectivity index (χ0n) is 10.0. The quantitative estimate of drug-likeness (QED) is 0.341. The lowest BCUT2D eigenvalue weighted by molar-refractivity contribution is 0.203. The summed E-state index contributed by atoms with van der Waals surface area (Å²) >= 11 is 0. The standard InChI is InChI=1S/C10H19N5O2/c1-6(2)10-13-8(3-9(14-10)15-11)12-7(4-16)5-17/h3,6-7,16-17H,4-5,11H2,1-2H3,(H2,12,13,14,15). The SMILES string of the molecule is CC(C)c1nc(NN)cc(NC(CO)CO)n1. The molecule has 1 aromatic rings. The summed E-state index contributed by atoms with van der Waals surface area (Å²) in [6.07, 6.45) is 0. The Hall–Kier alpha value is -1.44. The minimum Gasteiger partial charge on any atom is -0.394 e. The molecular weight excluding hydrogens is 222 g/mol. The Morgan fingerprint density at radius 3 is 2.29 bits per heavy atom. The lowest BCUT2D eigenvalue weighted by atomic mass is 10.2. The van der Waals surface area contributed by atoms with Crippen LogP contribution >= 0.6 is 0 Å². The third-order valence-electron chi connectivity index (χ3n) is 2.20. The van der Waals surface area contributed by atoms with Gasteiger partial charge >= 0.3 is 0 Å². The molecule has 0 aliphatic heterocycles. The second-order valence-corrected chi connectivity index (χ2v) is 4.00. The first-order valence-electron chi connectivity index (χ1n) is 5.44. The zero-order valence-corrected chi connectivity index (χ0v) is 10.0. The minimum atomic E-state index is -0.449. The van der Waals surface area contributed by atoms with E-state index in [-0.39, 0.29) is 19.1 Å². The van der Waals surface area contributed by atoms with Crippen molar-refractivity contribution in [3.63, 3.8) is 0 Å². The van der Waals surface area contributed by atoms with Crippen molar-refractivity contribution in [2.45, 2.75) is 25.8 Å². The predicted molar refractivity (Wildman–Crippen MR) is 65.5 cm³/mol. The lowest BCUT2D eigenvalue weighted by Crippen LogP contribution is -2.28. The van der Waals surface area contributed by atoms with Crippen LogP contribution in [0, 0.1) is 0 Å². The summed E-state index contributed by atoms with van der Waals surface area (Å²) < 4.78 is 0. The third kappa shape index (κ3) is 3.81. The fraction of sp³-hybridized carbons (Fsp3) is 0.600. The summed E-state index contributed by atoms with van der Waals surface area (Å²) in [5, 5.41) is 20.9. The van der Waals surface area contributed by atoms with Crippen LogP contribution in [0.2, 0.25) is 0 Å². The molecule has 1 aromatic heterocycles. The van der Waals surface area contributed by atoms with Crippen LogP contribution in [-0.2, 0) is 0 Å². The van der Waals surface area contributed by atoms with Crippen LogP contribution in [0.4, 0.5) is 11.6 Å². The molecule has 0 radical (unpaired) electrons. The molecule has 0 atom stereocenters. The smallest absolute Gasteiger partial charge is 0.145 e. The van der Waals surface area contributed by atoms with E-state index in [4.69, 9.17) is 16.1 Å². The number of nitrogens with two attached hydrogens (primary N) is 1. The summed E-state index contributed by atoms with van der Waals surface area (Å²) in [5.74, 6) is 7.12. The lowest BCUT2D eigenvalue weighted by Gasteiger charge is -2.16. The molecule has 17 heavy (non-hydrogen) atoms. The Bertz CT molecular complexity index is 355. The maximum atomic E-state index is 8.99. The van der Waals surface area contributed by atoms with E-state index in [0.717, 1.165) is 0 Å². The van der Waals surface area contributed by atoms with Gasteiger partial charge in [0.15, 0.2) is 0 Å². The molecule has 0 fully saturated rings. The molecule has 0 bridgehead atoms. The van der Waals surface area contributed by atoms with Gasteiger partial charge in [-0.3, -0.25) is 0 Å². The highest BCUT2D eigenvalue weighted by molar-refractivity contribution is 5.47. The summed E-state index contributed by atoms with van der Waals surface area (Å²) in [5.41, 5.74) is 2.46. The molecule has 7 heteroatoms. The minimum absolute atomic E-state index is 0.158. The van der Waals surface area contributed by atoms with Crippen LogP contribution in [0.1, 0.15) is 25.6 Å². The van der Waals surface area contributed by atoms with Gasteiger partial charge in [0.2, 0.25) is 0 Å². The number of rotatable bonds is 6. The number of aliphatic hydroxyl groups excluding tert-OH is 2. The van der Waals surface area contributed by atoms with E-state index in [9.17, 15) is 0 Å². The van der Waals surface area contributed by atoms with E-state index >= 15 is 0 Å². The molecule has 0 aliphatic rings. The maximum Gasteiger partial charge on any atom is 0.145 e. The summed E-state index contributed by atoms with van der Waals surface area (Å²) in [6.45, 7) is 3.58. The third-order valence-corrected chi connectivity index (χ3v) is 2.20. The van der Waals surface area contributed by atoms with E-state index < -0.39 is 6.04 Å². The number of hydrazine groups is 1. The van der Waals surface area contributed by atoms with Gasteiger partial charge in [-0.2, -0.15) is 0 Å². The Morgan fingerprint density at radius 2 is 1.82 bits per heavy atom. The molecule has 0 spiro atoms. The molecule has 0 unspecified atom stereocenters. The molecule has 96 valence electrons. The van der Waals surface area contributed by atoms with Gasteiger partial charge < -0.3 is 21.0 Å². The number of nitrogens with zero attached hydrogens (tertiary/aromatic N) is 2. The Morgan fingerprint density at radius 1 is 1.24 bits per heavy atom. The van der Waals surface area contributed by atoms with Crippen molar-refractivity contribution in [3.05, 3.63) is 11.9 Å². The fourth-order valence-electron chi connectivity index (χ4n) is 1.23. The molecule has 1 rings (SSSR count). The molecule has 0 amide bonds. The molecule has 0 saturated heterocycles. The molecule has 6 N–H and O–H groups in total. The summed E-state index contributed by atoms with van der Waals surface area (Å²) in [7, 11) is 0. The molecule has 7 nitrogen and oxygen atoms in total. The van der Waals surface area contributed by atoms with Crippen LogP contribution < -0.4 is 16.6 Å². The van der Waals surface area contributed by atoms with Crippen LogP contribution in [0.3, 0.4) is 0 Å². The highest BCUT2D eigenvalue weighted by Gasteiger charge is 2.11. The van der Waals surface area contributed by atoms with Crippen molar-refractivity contribution in [1.82, 2.24) is 9.97 Å². The average molecular weight is 241 g/mol. The van der Waals surface area contributed by atoms with Crippen molar-refractivity contribution >= 4 is 11.6 Å². The van der Waals surface area contributed by atoms with Gasteiger partial charge in [0.05, 0.1) is 19.3 Å². The number of anilines is 2. The first-order chi connectivity index (χ1) is 8.10. The normalized spacial score (nSPS) is 11.0. The zero-order chi connectivity index (χ0) is 12.8. The second-order valence-electron chi connectivity index (χ2n) is 4.00. The Labute approximate surface area is 100 Å². The fourth-order valence-corrected chi connectivity index (χ4v) is 1.23. The van der Waals surface area contributed by atoms with Gasteiger partial charge in [-0.1, -0.05) is 13.8 Å². The first-order valence-corrected chi connectivity index (χ1v) is 5.44. The van der Waals surface area contributed by atoms with Crippen LogP contribution in [0.15, 0.2) is 6.07 Å². The van der Waals surface area contributed by atoms with E-state index in [2.05, 4.69) is 20.7 Å². The number of hydrogen-bond donors (Lipinski definition) is 5.